The number of hydrogen-bond acceptors (Lipinski definition) is 5. The summed E-state index contributed by atoms with van der Waals surface area (Å²) in [7, 11) is 0. The van der Waals surface area contributed by atoms with Gasteiger partial charge in [0.05, 0.1) is 11.3 Å². The summed E-state index contributed by atoms with van der Waals surface area (Å²) in [6.45, 7) is 1.92. The van der Waals surface area contributed by atoms with Gasteiger partial charge in [0, 0.05) is 12.5 Å². The summed E-state index contributed by atoms with van der Waals surface area (Å²) in [5.74, 6) is -0.791. The van der Waals surface area contributed by atoms with Crippen LogP contribution < -0.4 is 5.73 Å². The summed E-state index contributed by atoms with van der Waals surface area (Å²) in [5.41, 5.74) is 5.50. The highest BCUT2D eigenvalue weighted by atomic mass is 32.1. The third kappa shape index (κ3) is 1.84. The minimum absolute atomic E-state index is 0.113. The first-order valence-electron chi connectivity index (χ1n) is 5.56. The molecule has 3 rings (SSSR count). The molecule has 0 spiro atoms. The second-order valence-corrected chi connectivity index (χ2v) is 4.88. The van der Waals surface area contributed by atoms with Crippen LogP contribution in [0.3, 0.4) is 0 Å². The van der Waals surface area contributed by atoms with Crippen molar-refractivity contribution >= 4 is 22.0 Å². The lowest BCUT2D eigenvalue weighted by atomic mass is 10.2. The number of aromatic nitrogens is 4. The van der Waals surface area contributed by atoms with Crippen LogP contribution in [0.4, 0.5) is 14.5 Å². The normalized spacial score (nSPS) is 11.3. The number of halogens is 2. The lowest BCUT2D eigenvalue weighted by Crippen LogP contribution is -1.96. The Hall–Kier alpha value is -2.09. The van der Waals surface area contributed by atoms with Gasteiger partial charge in [0.1, 0.15) is 11.6 Å². The molecule has 3 aromatic rings. The molecule has 0 fully saturated rings. The standard InChI is InChI=1S/C11H9F2N5S/c1-2-9-15-16-11-18(9)17-10(19-11)5-3-8(14)7(13)4-6(5)12/h3-4H,2,14H2,1H3. The number of nitrogen functional groups attached to an aromatic ring is 1. The summed E-state index contributed by atoms with van der Waals surface area (Å²) in [5, 5.41) is 12.5. The molecule has 2 heterocycles. The number of nitrogens with zero attached hydrogens (tertiary/aromatic N) is 4. The van der Waals surface area contributed by atoms with Crippen molar-refractivity contribution in [3.8, 4) is 10.6 Å². The molecule has 2 aromatic heterocycles. The minimum atomic E-state index is -0.779. The molecular weight excluding hydrogens is 272 g/mol. The van der Waals surface area contributed by atoms with Crippen LogP contribution in [0.15, 0.2) is 12.1 Å². The Bertz CT molecular complexity index is 764. The fourth-order valence-corrected chi connectivity index (χ4v) is 2.59. The molecule has 5 nitrogen and oxygen atoms in total. The number of hydrogen-bond donors (Lipinski definition) is 1. The Balaban J connectivity index is 2.19. The van der Waals surface area contributed by atoms with Crippen molar-refractivity contribution in [3.63, 3.8) is 0 Å². The van der Waals surface area contributed by atoms with E-state index >= 15 is 0 Å². The van der Waals surface area contributed by atoms with Crippen molar-refractivity contribution in [1.82, 2.24) is 19.8 Å². The molecule has 0 radical (unpaired) electrons. The Labute approximate surface area is 110 Å². The smallest absolute Gasteiger partial charge is 0.234 e. The van der Waals surface area contributed by atoms with Crippen LogP contribution in [0.1, 0.15) is 12.7 Å². The van der Waals surface area contributed by atoms with Crippen LogP contribution in [0.2, 0.25) is 0 Å². The predicted octanol–water partition coefficient (Wildman–Crippen LogP) is 2.28. The molecule has 19 heavy (non-hydrogen) atoms. The summed E-state index contributed by atoms with van der Waals surface area (Å²) in [4.78, 5) is 0.564. The molecule has 0 saturated heterocycles. The number of nitrogens with two attached hydrogens (primary N) is 1. The van der Waals surface area contributed by atoms with E-state index in [0.29, 0.717) is 22.2 Å². The summed E-state index contributed by atoms with van der Waals surface area (Å²) < 4.78 is 28.4. The van der Waals surface area contributed by atoms with Crippen molar-refractivity contribution in [2.75, 3.05) is 5.73 Å². The average Bonchev–Trinajstić information content (AvgIpc) is 2.93. The van der Waals surface area contributed by atoms with Gasteiger partial charge in [0.2, 0.25) is 4.96 Å². The van der Waals surface area contributed by atoms with E-state index in [-0.39, 0.29) is 11.3 Å². The minimum Gasteiger partial charge on any atom is -0.396 e. The first-order valence-corrected chi connectivity index (χ1v) is 6.37. The van der Waals surface area contributed by atoms with Gasteiger partial charge < -0.3 is 5.73 Å². The van der Waals surface area contributed by atoms with E-state index in [2.05, 4.69) is 15.3 Å². The average molecular weight is 281 g/mol. The van der Waals surface area contributed by atoms with Crippen molar-refractivity contribution in [2.24, 2.45) is 0 Å². The predicted molar refractivity (Wildman–Crippen MR) is 67.8 cm³/mol. The van der Waals surface area contributed by atoms with Gasteiger partial charge >= 0.3 is 0 Å². The van der Waals surface area contributed by atoms with E-state index in [0.717, 1.165) is 6.07 Å². The van der Waals surface area contributed by atoms with Crippen LogP contribution >= 0.6 is 11.3 Å². The van der Waals surface area contributed by atoms with Crippen LogP contribution in [0.5, 0.6) is 0 Å². The lowest BCUT2D eigenvalue weighted by Gasteiger charge is -2.01. The number of benzene rings is 1. The first kappa shape index (κ1) is 12.0. The van der Waals surface area contributed by atoms with Gasteiger partial charge in [-0.15, -0.1) is 10.2 Å². The summed E-state index contributed by atoms with van der Waals surface area (Å²) in [6, 6.07) is 2.00. The Kier molecular flexibility index (Phi) is 2.67. The number of anilines is 1. The zero-order chi connectivity index (χ0) is 13.6. The van der Waals surface area contributed by atoms with Crippen LogP contribution in [-0.2, 0) is 6.42 Å². The van der Waals surface area contributed by atoms with Gasteiger partial charge in [-0.2, -0.15) is 9.61 Å². The maximum absolute atomic E-state index is 13.8. The highest BCUT2D eigenvalue weighted by Gasteiger charge is 2.16. The van der Waals surface area contributed by atoms with Gasteiger partial charge in [-0.25, -0.2) is 8.78 Å². The second kappa shape index (κ2) is 4.23. The summed E-state index contributed by atoms with van der Waals surface area (Å²) in [6.07, 6.45) is 0.665. The zero-order valence-corrected chi connectivity index (χ0v) is 10.7. The number of fused-ring (bicyclic) bond motifs is 1. The van der Waals surface area contributed by atoms with E-state index in [1.165, 1.54) is 17.4 Å². The van der Waals surface area contributed by atoms with Gasteiger partial charge in [0.15, 0.2) is 10.8 Å². The number of rotatable bonds is 2. The molecule has 0 aliphatic carbocycles. The first-order chi connectivity index (χ1) is 9.10. The summed E-state index contributed by atoms with van der Waals surface area (Å²) >= 11 is 1.18. The fourth-order valence-electron chi connectivity index (χ4n) is 1.72. The molecule has 0 aliphatic heterocycles. The molecule has 0 atom stereocenters. The van der Waals surface area contributed by atoms with Gasteiger partial charge in [-0.3, -0.25) is 0 Å². The molecule has 0 amide bonds. The Morgan fingerprint density at radius 2 is 2.05 bits per heavy atom. The lowest BCUT2D eigenvalue weighted by molar-refractivity contribution is 0.588. The molecule has 2 N–H and O–H groups in total. The highest BCUT2D eigenvalue weighted by Crippen LogP contribution is 2.30. The van der Waals surface area contributed by atoms with Crippen molar-refractivity contribution in [1.29, 1.82) is 0 Å². The van der Waals surface area contributed by atoms with Crippen LogP contribution in [0.25, 0.3) is 15.5 Å². The van der Waals surface area contributed by atoms with E-state index in [4.69, 9.17) is 5.73 Å². The van der Waals surface area contributed by atoms with Gasteiger partial charge in [-0.05, 0) is 6.07 Å². The monoisotopic (exact) mass is 281 g/mol. The second-order valence-electron chi connectivity index (χ2n) is 3.92. The molecule has 8 heteroatoms. The molecule has 98 valence electrons. The molecule has 0 unspecified atom stereocenters. The third-order valence-electron chi connectivity index (χ3n) is 2.69. The molecule has 0 saturated carbocycles. The Morgan fingerprint density at radius 1 is 1.26 bits per heavy atom. The quantitative estimate of drug-likeness (QED) is 0.732. The zero-order valence-electron chi connectivity index (χ0n) is 9.89. The fraction of sp³-hybridized carbons (Fsp3) is 0.182. The highest BCUT2D eigenvalue weighted by molar-refractivity contribution is 7.19. The van der Waals surface area contributed by atoms with Crippen molar-refractivity contribution in [3.05, 3.63) is 29.6 Å². The van der Waals surface area contributed by atoms with Gasteiger partial charge in [-0.1, -0.05) is 18.3 Å². The van der Waals surface area contributed by atoms with E-state index in [1.807, 2.05) is 6.92 Å². The topological polar surface area (TPSA) is 69.1 Å². The Morgan fingerprint density at radius 3 is 2.79 bits per heavy atom. The third-order valence-corrected chi connectivity index (χ3v) is 3.62. The van der Waals surface area contributed by atoms with E-state index < -0.39 is 11.6 Å². The maximum Gasteiger partial charge on any atom is 0.234 e. The molecule has 0 aliphatic rings. The molecule has 0 bridgehead atoms. The SMILES string of the molecule is CCc1nnc2sc(-c3cc(N)c(F)cc3F)nn12. The van der Waals surface area contributed by atoms with E-state index in [9.17, 15) is 8.78 Å². The molecule has 1 aromatic carbocycles. The number of aryl methyl sites for hydroxylation is 1. The largest absolute Gasteiger partial charge is 0.396 e. The van der Waals surface area contributed by atoms with Crippen molar-refractivity contribution in [2.45, 2.75) is 13.3 Å². The van der Waals surface area contributed by atoms with Gasteiger partial charge in [0.25, 0.3) is 0 Å². The van der Waals surface area contributed by atoms with E-state index in [1.54, 1.807) is 4.52 Å². The van der Waals surface area contributed by atoms with Crippen LogP contribution in [0, 0.1) is 11.6 Å². The van der Waals surface area contributed by atoms with Crippen molar-refractivity contribution < 1.29 is 8.78 Å². The van der Waals surface area contributed by atoms with Crippen LogP contribution in [-0.4, -0.2) is 19.8 Å². The molecular formula is C11H9F2N5S. The maximum atomic E-state index is 13.8.